The van der Waals surface area contributed by atoms with Crippen LogP contribution in [-0.2, 0) is 6.54 Å². The zero-order valence-corrected chi connectivity index (χ0v) is 12.0. The van der Waals surface area contributed by atoms with Crippen LogP contribution in [0.2, 0.25) is 0 Å². The number of nitrogens with one attached hydrogen (secondary N) is 2. The topological polar surface area (TPSA) is 97.1 Å². The van der Waals surface area contributed by atoms with Crippen molar-refractivity contribution in [2.24, 2.45) is 0 Å². The standard InChI is InChI=1S/C13H13FN4O2S/c1-16-12(19)10-9(15)11(21-18-10)13(20)17-6-7-4-2-3-5-8(7)14/h2-5H,6,15H2,1H3,(H,16,19)(H,17,20). The minimum absolute atomic E-state index is 0.0125. The molecule has 0 unspecified atom stereocenters. The number of hydrogen-bond donors (Lipinski definition) is 3. The fourth-order valence-corrected chi connectivity index (χ4v) is 2.35. The maximum Gasteiger partial charge on any atom is 0.272 e. The number of aromatic nitrogens is 1. The Morgan fingerprint density at radius 2 is 2.05 bits per heavy atom. The van der Waals surface area contributed by atoms with E-state index in [4.69, 9.17) is 5.73 Å². The Balaban J connectivity index is 2.09. The molecule has 0 aliphatic carbocycles. The Hall–Kier alpha value is -2.48. The van der Waals surface area contributed by atoms with Gasteiger partial charge in [0.2, 0.25) is 0 Å². The van der Waals surface area contributed by atoms with Crippen molar-refractivity contribution in [3.05, 3.63) is 46.2 Å². The highest BCUT2D eigenvalue weighted by molar-refractivity contribution is 7.09. The van der Waals surface area contributed by atoms with Crippen molar-refractivity contribution in [2.75, 3.05) is 12.8 Å². The van der Waals surface area contributed by atoms with Gasteiger partial charge in [-0.3, -0.25) is 9.59 Å². The maximum absolute atomic E-state index is 13.4. The Bertz CT molecular complexity index is 687. The first-order valence-corrected chi connectivity index (χ1v) is 6.80. The highest BCUT2D eigenvalue weighted by Crippen LogP contribution is 2.21. The van der Waals surface area contributed by atoms with Crippen molar-refractivity contribution in [1.82, 2.24) is 15.0 Å². The number of anilines is 1. The number of nitrogen functional groups attached to an aromatic ring is 1. The molecule has 0 saturated carbocycles. The number of nitrogens with zero attached hydrogens (tertiary/aromatic N) is 1. The molecule has 1 aromatic carbocycles. The predicted molar refractivity (Wildman–Crippen MR) is 77.5 cm³/mol. The van der Waals surface area contributed by atoms with Crippen LogP contribution in [0.25, 0.3) is 0 Å². The van der Waals surface area contributed by atoms with E-state index in [1.54, 1.807) is 18.2 Å². The number of hydrogen-bond acceptors (Lipinski definition) is 5. The fraction of sp³-hybridized carbons (Fsp3) is 0.154. The van der Waals surface area contributed by atoms with Crippen LogP contribution in [0.1, 0.15) is 25.7 Å². The number of carbonyl (C=O) groups is 2. The lowest BCUT2D eigenvalue weighted by Gasteiger charge is -2.05. The predicted octanol–water partition coefficient (Wildman–Crippen LogP) is 1.15. The summed E-state index contributed by atoms with van der Waals surface area (Å²) in [6.07, 6.45) is 0. The van der Waals surface area contributed by atoms with E-state index >= 15 is 0 Å². The molecular weight excluding hydrogens is 295 g/mol. The number of carbonyl (C=O) groups excluding carboxylic acids is 2. The summed E-state index contributed by atoms with van der Waals surface area (Å²) in [5.74, 6) is -1.36. The van der Waals surface area contributed by atoms with Crippen molar-refractivity contribution in [1.29, 1.82) is 0 Å². The third-order valence-electron chi connectivity index (χ3n) is 2.77. The molecule has 0 radical (unpaired) electrons. The molecular formula is C13H13FN4O2S. The minimum atomic E-state index is -0.497. The highest BCUT2D eigenvalue weighted by Gasteiger charge is 2.21. The third kappa shape index (κ3) is 3.16. The average Bonchev–Trinajstić information content (AvgIpc) is 2.87. The molecule has 2 amide bonds. The van der Waals surface area contributed by atoms with Crippen LogP contribution in [0.15, 0.2) is 24.3 Å². The van der Waals surface area contributed by atoms with Gasteiger partial charge in [0, 0.05) is 19.2 Å². The normalized spacial score (nSPS) is 10.2. The largest absolute Gasteiger partial charge is 0.395 e. The van der Waals surface area contributed by atoms with Gasteiger partial charge in [0.15, 0.2) is 5.69 Å². The molecule has 0 saturated heterocycles. The van der Waals surface area contributed by atoms with Crippen LogP contribution in [-0.4, -0.2) is 23.2 Å². The van der Waals surface area contributed by atoms with Gasteiger partial charge in [-0.25, -0.2) is 4.39 Å². The summed E-state index contributed by atoms with van der Waals surface area (Å²) in [7, 11) is 1.44. The number of halogens is 1. The van der Waals surface area contributed by atoms with E-state index in [9.17, 15) is 14.0 Å². The van der Waals surface area contributed by atoms with Gasteiger partial charge < -0.3 is 16.4 Å². The van der Waals surface area contributed by atoms with Crippen molar-refractivity contribution < 1.29 is 14.0 Å². The summed E-state index contributed by atoms with van der Waals surface area (Å²) >= 11 is 0.826. The molecule has 0 spiro atoms. The molecule has 6 nitrogen and oxygen atoms in total. The van der Waals surface area contributed by atoms with Gasteiger partial charge in [0.25, 0.3) is 11.8 Å². The molecule has 1 heterocycles. The van der Waals surface area contributed by atoms with Crippen molar-refractivity contribution in [3.63, 3.8) is 0 Å². The number of nitrogens with two attached hydrogens (primary N) is 1. The average molecular weight is 308 g/mol. The van der Waals surface area contributed by atoms with E-state index in [1.807, 2.05) is 0 Å². The molecule has 8 heteroatoms. The van der Waals surface area contributed by atoms with Crippen LogP contribution in [0.4, 0.5) is 10.1 Å². The second-order valence-electron chi connectivity index (χ2n) is 4.13. The monoisotopic (exact) mass is 308 g/mol. The zero-order valence-electron chi connectivity index (χ0n) is 11.1. The van der Waals surface area contributed by atoms with Gasteiger partial charge in [-0.05, 0) is 17.6 Å². The maximum atomic E-state index is 13.4. The molecule has 0 bridgehead atoms. The summed E-state index contributed by atoms with van der Waals surface area (Å²) in [4.78, 5) is 23.6. The first kappa shape index (κ1) is 14.9. The molecule has 0 fully saturated rings. The van der Waals surface area contributed by atoms with E-state index in [2.05, 4.69) is 15.0 Å². The van der Waals surface area contributed by atoms with Gasteiger partial charge >= 0.3 is 0 Å². The minimum Gasteiger partial charge on any atom is -0.395 e. The molecule has 2 aromatic rings. The quantitative estimate of drug-likeness (QED) is 0.789. The van der Waals surface area contributed by atoms with Crippen LogP contribution in [0, 0.1) is 5.82 Å². The van der Waals surface area contributed by atoms with E-state index < -0.39 is 17.6 Å². The molecule has 4 N–H and O–H groups in total. The lowest BCUT2D eigenvalue weighted by molar-refractivity contribution is 0.0953. The number of rotatable bonds is 4. The summed E-state index contributed by atoms with van der Waals surface area (Å²) in [5.41, 5.74) is 6.12. The summed E-state index contributed by atoms with van der Waals surface area (Å²) < 4.78 is 17.3. The van der Waals surface area contributed by atoms with E-state index in [1.165, 1.54) is 13.1 Å². The van der Waals surface area contributed by atoms with Crippen LogP contribution < -0.4 is 16.4 Å². The molecule has 110 valence electrons. The lowest BCUT2D eigenvalue weighted by Crippen LogP contribution is -2.24. The molecule has 0 aliphatic heterocycles. The lowest BCUT2D eigenvalue weighted by atomic mass is 10.2. The van der Waals surface area contributed by atoms with Crippen LogP contribution in [0.5, 0.6) is 0 Å². The van der Waals surface area contributed by atoms with Gasteiger partial charge in [-0.1, -0.05) is 18.2 Å². The summed E-state index contributed by atoms with van der Waals surface area (Å²) in [6, 6.07) is 6.13. The molecule has 1 aromatic heterocycles. The number of amides is 2. The van der Waals surface area contributed by atoms with Gasteiger partial charge in [-0.15, -0.1) is 0 Å². The molecule has 2 rings (SSSR count). The Morgan fingerprint density at radius 1 is 1.33 bits per heavy atom. The van der Waals surface area contributed by atoms with Gasteiger partial charge in [0.05, 0.1) is 5.69 Å². The second-order valence-corrected chi connectivity index (χ2v) is 4.90. The smallest absolute Gasteiger partial charge is 0.272 e. The van der Waals surface area contributed by atoms with Crippen molar-refractivity contribution in [2.45, 2.75) is 6.54 Å². The Morgan fingerprint density at radius 3 is 2.71 bits per heavy atom. The summed E-state index contributed by atoms with van der Waals surface area (Å²) in [6.45, 7) is 0.0259. The first-order chi connectivity index (χ1) is 10.0. The third-order valence-corrected chi connectivity index (χ3v) is 3.64. The van der Waals surface area contributed by atoms with E-state index in [-0.39, 0.29) is 22.8 Å². The van der Waals surface area contributed by atoms with E-state index in [0.29, 0.717) is 5.56 Å². The summed E-state index contributed by atoms with van der Waals surface area (Å²) in [5, 5.41) is 4.93. The molecule has 0 aliphatic rings. The van der Waals surface area contributed by atoms with Crippen molar-refractivity contribution >= 4 is 29.0 Å². The zero-order chi connectivity index (χ0) is 15.4. The highest BCUT2D eigenvalue weighted by atomic mass is 32.1. The van der Waals surface area contributed by atoms with Gasteiger partial charge in [0.1, 0.15) is 10.7 Å². The van der Waals surface area contributed by atoms with Crippen molar-refractivity contribution in [3.8, 4) is 0 Å². The fourth-order valence-electron chi connectivity index (χ4n) is 1.64. The van der Waals surface area contributed by atoms with Crippen LogP contribution in [0.3, 0.4) is 0 Å². The Kier molecular flexibility index (Phi) is 4.49. The molecule has 0 atom stereocenters. The Labute approximate surface area is 124 Å². The van der Waals surface area contributed by atoms with Crippen LogP contribution >= 0.6 is 11.5 Å². The SMILES string of the molecule is CNC(=O)c1nsc(C(=O)NCc2ccccc2F)c1N. The number of benzene rings is 1. The van der Waals surface area contributed by atoms with Gasteiger partial charge in [-0.2, -0.15) is 4.37 Å². The van der Waals surface area contributed by atoms with E-state index in [0.717, 1.165) is 11.5 Å². The second kappa shape index (κ2) is 6.31. The first-order valence-electron chi connectivity index (χ1n) is 6.03. The molecule has 21 heavy (non-hydrogen) atoms.